The summed E-state index contributed by atoms with van der Waals surface area (Å²) in [6, 6.07) is 91.1. The van der Waals surface area contributed by atoms with Crippen LogP contribution in [-0.4, -0.2) is 0 Å². The molecule has 10 aromatic rings. The molecule has 68 heavy (non-hydrogen) atoms. The van der Waals surface area contributed by atoms with Crippen LogP contribution in [0.1, 0.15) is 22.3 Å². The highest BCUT2D eigenvalue weighted by atomic mass is 15.2. The van der Waals surface area contributed by atoms with Gasteiger partial charge >= 0.3 is 0 Å². The standard InChI is InChI=1S/C64H54N4/c1-47-45-63(49(3)43-61(47)65(53-23-11-5-12-24-53)54-25-13-6-14-26-54)67(57-31-19-9-20-32-57)59-39-35-51(36-40-59)52-37-41-60(42-38-52)68(58-33-21-10-22-34-58)64-46-48(2)62(44-50(64)4)66(55-27-15-7-16-28-55)56-29-17-8-18-30-56/h5-46H,1-4H3. The topological polar surface area (TPSA) is 13.0 Å². The third-order valence-corrected chi connectivity index (χ3v) is 12.7. The maximum atomic E-state index is 2.38. The molecule has 0 aliphatic carbocycles. The van der Waals surface area contributed by atoms with Crippen LogP contribution in [0.25, 0.3) is 11.1 Å². The van der Waals surface area contributed by atoms with Gasteiger partial charge in [-0.05, 0) is 182 Å². The Hall–Kier alpha value is -8.60. The molecule has 0 fully saturated rings. The molecule has 330 valence electrons. The van der Waals surface area contributed by atoms with Crippen LogP contribution >= 0.6 is 0 Å². The van der Waals surface area contributed by atoms with Crippen molar-refractivity contribution in [2.45, 2.75) is 27.7 Å². The quantitative estimate of drug-likeness (QED) is 0.114. The van der Waals surface area contributed by atoms with Gasteiger partial charge in [-0.2, -0.15) is 0 Å². The van der Waals surface area contributed by atoms with Crippen LogP contribution in [0.15, 0.2) is 255 Å². The van der Waals surface area contributed by atoms with Crippen molar-refractivity contribution in [3.05, 3.63) is 277 Å². The van der Waals surface area contributed by atoms with Crippen LogP contribution in [0.5, 0.6) is 0 Å². The van der Waals surface area contributed by atoms with Gasteiger partial charge in [-0.15, -0.1) is 0 Å². The van der Waals surface area contributed by atoms with Crippen LogP contribution in [0, 0.1) is 27.7 Å². The predicted octanol–water partition coefficient (Wildman–Crippen LogP) is 18.5. The Labute approximate surface area is 401 Å². The van der Waals surface area contributed by atoms with Crippen LogP contribution in [-0.2, 0) is 0 Å². The van der Waals surface area contributed by atoms with Crippen molar-refractivity contribution in [1.29, 1.82) is 0 Å². The Kier molecular flexibility index (Phi) is 12.4. The molecule has 4 heteroatoms. The third-order valence-electron chi connectivity index (χ3n) is 12.7. The summed E-state index contributed by atoms with van der Waals surface area (Å²) in [5.41, 5.74) is 20.5. The summed E-state index contributed by atoms with van der Waals surface area (Å²) in [7, 11) is 0. The van der Waals surface area contributed by atoms with Gasteiger partial charge in [-0.25, -0.2) is 0 Å². The van der Waals surface area contributed by atoms with Gasteiger partial charge in [-0.3, -0.25) is 0 Å². The zero-order chi connectivity index (χ0) is 46.4. The van der Waals surface area contributed by atoms with Crippen molar-refractivity contribution in [3.8, 4) is 11.1 Å². The second kappa shape index (κ2) is 19.5. The molecular weight excluding hydrogens is 825 g/mol. The van der Waals surface area contributed by atoms with Gasteiger partial charge in [0.1, 0.15) is 0 Å². The molecule has 0 radical (unpaired) electrons. The van der Waals surface area contributed by atoms with Crippen LogP contribution in [0.3, 0.4) is 0 Å². The maximum absolute atomic E-state index is 2.38. The SMILES string of the molecule is Cc1cc(N(c2ccccc2)c2ccc(-c3ccc(N(c4ccccc4)c4cc(C)c(N(c5ccccc5)c5ccccc5)cc4C)cc3)cc2)c(C)cc1N(c1ccccc1)c1ccccc1. The smallest absolute Gasteiger partial charge is 0.0494 e. The molecule has 0 atom stereocenters. The van der Waals surface area contributed by atoms with E-state index >= 15 is 0 Å². The average molecular weight is 879 g/mol. The summed E-state index contributed by atoms with van der Waals surface area (Å²) in [4.78, 5) is 9.45. The zero-order valence-corrected chi connectivity index (χ0v) is 39.0. The number of rotatable bonds is 13. The van der Waals surface area contributed by atoms with Crippen molar-refractivity contribution >= 4 is 68.2 Å². The van der Waals surface area contributed by atoms with Gasteiger partial charge in [-0.1, -0.05) is 133 Å². The fourth-order valence-electron chi connectivity index (χ4n) is 9.31. The van der Waals surface area contributed by atoms with Crippen molar-refractivity contribution in [3.63, 3.8) is 0 Å². The van der Waals surface area contributed by atoms with E-state index in [0.717, 1.165) is 79.4 Å². The number of aryl methyl sites for hydroxylation is 4. The summed E-state index contributed by atoms with van der Waals surface area (Å²) >= 11 is 0. The molecule has 0 saturated heterocycles. The minimum Gasteiger partial charge on any atom is -0.310 e. The fourth-order valence-corrected chi connectivity index (χ4v) is 9.31. The second-order valence-electron chi connectivity index (χ2n) is 17.3. The van der Waals surface area contributed by atoms with E-state index in [4.69, 9.17) is 0 Å². The molecule has 0 unspecified atom stereocenters. The van der Waals surface area contributed by atoms with E-state index in [1.54, 1.807) is 0 Å². The molecular formula is C64H54N4. The number of anilines is 12. The van der Waals surface area contributed by atoms with Gasteiger partial charge in [0.2, 0.25) is 0 Å². The molecule has 0 N–H and O–H groups in total. The van der Waals surface area contributed by atoms with E-state index in [-0.39, 0.29) is 0 Å². The minimum atomic E-state index is 1.09. The first kappa shape index (κ1) is 43.3. The summed E-state index contributed by atoms with van der Waals surface area (Å²) in [5.74, 6) is 0. The summed E-state index contributed by atoms with van der Waals surface area (Å²) in [6.45, 7) is 8.88. The highest BCUT2D eigenvalue weighted by Gasteiger charge is 2.23. The van der Waals surface area contributed by atoms with Gasteiger partial charge in [0.05, 0.1) is 0 Å². The number of hydrogen-bond acceptors (Lipinski definition) is 4. The van der Waals surface area contributed by atoms with Gasteiger partial charge < -0.3 is 19.6 Å². The van der Waals surface area contributed by atoms with Gasteiger partial charge in [0, 0.05) is 68.2 Å². The first-order valence-electron chi connectivity index (χ1n) is 23.3. The molecule has 0 spiro atoms. The van der Waals surface area contributed by atoms with Crippen LogP contribution in [0.4, 0.5) is 68.2 Å². The number of para-hydroxylation sites is 6. The molecule has 4 nitrogen and oxygen atoms in total. The van der Waals surface area contributed by atoms with E-state index < -0.39 is 0 Å². The molecule has 0 saturated carbocycles. The first-order chi connectivity index (χ1) is 33.4. The summed E-state index contributed by atoms with van der Waals surface area (Å²) in [5, 5.41) is 0. The molecule has 0 aliphatic rings. The Balaban J connectivity index is 0.977. The second-order valence-corrected chi connectivity index (χ2v) is 17.3. The van der Waals surface area contributed by atoms with E-state index in [1.165, 1.54) is 22.3 Å². The largest absolute Gasteiger partial charge is 0.310 e. The normalized spacial score (nSPS) is 10.9. The minimum absolute atomic E-state index is 1.09. The highest BCUT2D eigenvalue weighted by molar-refractivity contribution is 5.87. The fraction of sp³-hybridized carbons (Fsp3) is 0.0625. The van der Waals surface area contributed by atoms with Gasteiger partial charge in [0.25, 0.3) is 0 Å². The number of nitrogens with zero attached hydrogens (tertiary/aromatic N) is 4. The van der Waals surface area contributed by atoms with Crippen LogP contribution < -0.4 is 19.6 Å². The third kappa shape index (κ3) is 8.88. The van der Waals surface area contributed by atoms with E-state index in [0.29, 0.717) is 0 Å². The Morgan fingerprint density at radius 1 is 0.191 bits per heavy atom. The van der Waals surface area contributed by atoms with Crippen molar-refractivity contribution < 1.29 is 0 Å². The first-order valence-corrected chi connectivity index (χ1v) is 23.3. The Morgan fingerprint density at radius 2 is 0.353 bits per heavy atom. The Morgan fingerprint density at radius 3 is 0.529 bits per heavy atom. The molecule has 0 aliphatic heterocycles. The molecule has 0 heterocycles. The van der Waals surface area contributed by atoms with Crippen LogP contribution in [0.2, 0.25) is 0 Å². The van der Waals surface area contributed by atoms with E-state index in [2.05, 4.69) is 302 Å². The summed E-state index contributed by atoms with van der Waals surface area (Å²) in [6.07, 6.45) is 0. The van der Waals surface area contributed by atoms with Crippen molar-refractivity contribution in [2.75, 3.05) is 19.6 Å². The summed E-state index contributed by atoms with van der Waals surface area (Å²) < 4.78 is 0. The van der Waals surface area contributed by atoms with Crippen molar-refractivity contribution in [2.24, 2.45) is 0 Å². The molecule has 10 aromatic carbocycles. The lowest BCUT2D eigenvalue weighted by Crippen LogP contribution is -2.15. The lowest BCUT2D eigenvalue weighted by Gasteiger charge is -2.31. The average Bonchev–Trinajstić information content (AvgIpc) is 3.39. The van der Waals surface area contributed by atoms with Crippen molar-refractivity contribution in [1.82, 2.24) is 0 Å². The molecule has 0 aromatic heterocycles. The predicted molar refractivity (Wildman–Crippen MR) is 290 cm³/mol. The lowest BCUT2D eigenvalue weighted by atomic mass is 10.0. The maximum Gasteiger partial charge on any atom is 0.0494 e. The zero-order valence-electron chi connectivity index (χ0n) is 39.0. The Bertz CT molecular complexity index is 2930. The monoisotopic (exact) mass is 878 g/mol. The molecule has 10 rings (SSSR count). The lowest BCUT2D eigenvalue weighted by molar-refractivity contribution is 1.20. The van der Waals surface area contributed by atoms with E-state index in [9.17, 15) is 0 Å². The van der Waals surface area contributed by atoms with Gasteiger partial charge in [0.15, 0.2) is 0 Å². The number of benzene rings is 10. The van der Waals surface area contributed by atoms with E-state index in [1.807, 2.05) is 0 Å². The molecule has 0 amide bonds. The number of hydrogen-bond donors (Lipinski definition) is 0. The highest BCUT2D eigenvalue weighted by Crippen LogP contribution is 2.45. The molecule has 0 bridgehead atoms.